The van der Waals surface area contributed by atoms with Crippen molar-refractivity contribution in [3.05, 3.63) is 0 Å². The van der Waals surface area contributed by atoms with Crippen molar-refractivity contribution in [2.75, 3.05) is 46.3 Å². The van der Waals surface area contributed by atoms with Gasteiger partial charge in [-0.3, -0.25) is 13.2 Å². The number of hydrogen-bond acceptors (Lipinski definition) is 11. The molecule has 0 radical (unpaired) electrons. The molecule has 0 amide bonds. The number of thioether (sulfide) groups is 1. The predicted octanol–water partition coefficient (Wildman–Crippen LogP) is -7.71. The van der Waals surface area contributed by atoms with Crippen LogP contribution in [0.25, 0.3) is 0 Å². The van der Waals surface area contributed by atoms with Crippen LogP contribution in [0.15, 0.2) is 0 Å². The van der Waals surface area contributed by atoms with Crippen LogP contribution in [0.4, 0.5) is 4.79 Å². The number of hydrogen-bond donors (Lipinski definition) is 3. The van der Waals surface area contributed by atoms with Crippen LogP contribution < -0.4 is 28.4 Å². The first kappa shape index (κ1) is 47.1. The molecule has 1 atom stereocenters. The van der Waals surface area contributed by atoms with Gasteiger partial charge in [0.1, 0.15) is 12.6 Å². The van der Waals surface area contributed by atoms with Crippen LogP contribution in [0.1, 0.15) is 6.42 Å². The van der Waals surface area contributed by atoms with Crippen molar-refractivity contribution < 1.29 is 64.4 Å². The Morgan fingerprint density at radius 3 is 1.57 bits per heavy atom. The number of nitrogens with zero attached hydrogens (tertiary/aromatic N) is 1. The van der Waals surface area contributed by atoms with Crippen molar-refractivity contribution in [1.82, 2.24) is 0 Å². The fourth-order valence-corrected chi connectivity index (χ4v) is 1.16. The molecule has 0 aromatic carbocycles. The van der Waals surface area contributed by atoms with E-state index in [0.29, 0.717) is 6.42 Å². The van der Waals surface area contributed by atoms with E-state index in [0.717, 1.165) is 16.8 Å². The first-order chi connectivity index (χ1) is 11.0. The van der Waals surface area contributed by atoms with Gasteiger partial charge in [0.25, 0.3) is 0 Å². The van der Waals surface area contributed by atoms with Gasteiger partial charge in [0.05, 0.1) is 27.7 Å². The van der Waals surface area contributed by atoms with E-state index in [2.05, 4.69) is 21.1 Å². The summed E-state index contributed by atoms with van der Waals surface area (Å²) in [6, 6.07) is -0.683. The summed E-state index contributed by atoms with van der Waals surface area (Å²) < 4.78 is 34.9. The monoisotopic (exact) mass is 508 g/mol. The maximum atomic E-state index is 10.1. The third kappa shape index (κ3) is 107. The van der Waals surface area contributed by atoms with E-state index < -0.39 is 28.6 Å². The van der Waals surface area contributed by atoms with Gasteiger partial charge in [0, 0.05) is 10.4 Å². The van der Waals surface area contributed by atoms with Crippen molar-refractivity contribution in [1.29, 1.82) is 0 Å². The molecule has 0 spiro atoms. The van der Waals surface area contributed by atoms with Gasteiger partial charge in [-0.25, -0.2) is 0 Å². The molecule has 4 N–H and O–H groups in total. The van der Waals surface area contributed by atoms with Gasteiger partial charge in [0.15, 0.2) is 0 Å². The van der Waals surface area contributed by atoms with Gasteiger partial charge >= 0.3 is 66.8 Å². The second-order valence-electron chi connectivity index (χ2n) is 5.12. The second-order valence-corrected chi connectivity index (χ2v) is 6.92. The smallest absolute Gasteiger partial charge is 1.00 e. The maximum absolute atomic E-state index is 10.1. The molecule has 0 aliphatic carbocycles. The van der Waals surface area contributed by atoms with E-state index in [4.69, 9.17) is 48.5 Å². The molecule has 12 nitrogen and oxygen atoms in total. The molecule has 0 aliphatic heterocycles. The van der Waals surface area contributed by atoms with E-state index in [1.54, 1.807) is 11.8 Å². The van der Waals surface area contributed by atoms with Gasteiger partial charge in [-0.1, -0.05) is 0 Å². The van der Waals surface area contributed by atoms with Gasteiger partial charge in [-0.15, -0.1) is 0 Å². The van der Waals surface area contributed by atoms with Crippen LogP contribution >= 0.6 is 11.8 Å². The summed E-state index contributed by atoms with van der Waals surface area (Å²) in [6.07, 6.45) is 0.144. The largest absolute Gasteiger partial charge is 2.00 e. The molecule has 0 bridgehead atoms. The number of carbonyl (C=O) groups excluding carboxylic acids is 1. The number of aliphatic hydroxyl groups excluding tert-OH is 1. The molecule has 1 unspecified atom stereocenters. The van der Waals surface area contributed by atoms with Crippen LogP contribution in [0.5, 0.6) is 0 Å². The van der Waals surface area contributed by atoms with Crippen LogP contribution in [0.3, 0.4) is 0 Å². The minimum absolute atomic E-state index is 0. The zero-order chi connectivity index (χ0) is 21.3. The number of carboxylic acid groups (broad SMARTS) is 3. The molecule has 17 heteroatoms. The Morgan fingerprint density at radius 2 is 1.46 bits per heavy atom. The average Bonchev–Trinajstić information content (AvgIpc) is 2.32. The standard InChI is InChI=1S/C5H11NO2S.C5H14NO.CH2O3.Ca.ClH.Mg.H2O4S/c1-9-3-2-4(6)5(7)8;1-6(2,3)4-5-7;2-1(3)4;;;;1-5(2,3)4/h4H,2-3,6H2,1H3,(H,7,8);7H,4-5H2,1-3H3;(H2,2,3,4);;1H;;(H2,1,2,3,4)/q;+1;;+2;;+2;/p-5. The normalized spacial score (nSPS) is 10.1. The molecule has 0 saturated heterocycles. The summed E-state index contributed by atoms with van der Waals surface area (Å²) in [7, 11) is 0.989. The number of nitrogens with two attached hydrogens (primary N) is 1. The van der Waals surface area contributed by atoms with E-state index in [9.17, 15) is 4.79 Å². The fourth-order valence-electron chi connectivity index (χ4n) is 0.668. The number of aliphatic carboxylic acids is 1. The number of carbonyl (C=O) groups is 2. The third-order valence-corrected chi connectivity index (χ3v) is 2.36. The fraction of sp³-hybridized carbons (Fsp3) is 0.818. The van der Waals surface area contributed by atoms with Gasteiger partial charge in [-0.05, 0) is 24.6 Å². The predicted molar refractivity (Wildman–Crippen MR) is 96.0 cm³/mol. The zero-order valence-electron chi connectivity index (χ0n) is 16.2. The van der Waals surface area contributed by atoms with Crippen molar-refractivity contribution in [3.63, 3.8) is 0 Å². The van der Waals surface area contributed by atoms with Crippen LogP contribution in [-0.2, 0) is 15.2 Å². The Kier molecular flexibility index (Phi) is 47.3. The Labute approximate surface area is 222 Å². The first-order valence-corrected chi connectivity index (χ1v) is 9.14. The summed E-state index contributed by atoms with van der Waals surface area (Å²) in [5, 5.41) is 33.3. The molecule has 28 heavy (non-hydrogen) atoms. The van der Waals surface area contributed by atoms with Crippen molar-refractivity contribution in [3.8, 4) is 0 Å². The summed E-state index contributed by atoms with van der Waals surface area (Å²) in [5.41, 5.74) is 5.19. The molecule has 0 aromatic heterocycles. The van der Waals surface area contributed by atoms with Crippen molar-refractivity contribution in [2.45, 2.75) is 12.5 Å². The Hall–Kier alpha value is 1.16. The topological polar surface area (TPSA) is 227 Å². The number of carboxylic acids is 1. The molecule has 0 fully saturated rings. The zero-order valence-corrected chi connectivity index (χ0v) is 22.2. The molecular weight excluding hydrogens is 484 g/mol. The minimum Gasteiger partial charge on any atom is -1.00 e. The summed E-state index contributed by atoms with van der Waals surface area (Å²) >= 11 is 1.60. The molecule has 162 valence electrons. The van der Waals surface area contributed by atoms with Gasteiger partial charge in [-0.2, -0.15) is 11.8 Å². The number of aliphatic hydroxyl groups is 1. The van der Waals surface area contributed by atoms with E-state index in [-0.39, 0.29) is 79.8 Å². The second kappa shape index (κ2) is 28.2. The SMILES string of the molecule is CSCCC(N)C(=O)O.C[N+](C)(C)CCO.O=C([O-])[O-].O=S(=O)([O-])[O-].[Ca+2].[Cl-].[Mg+2]. The quantitative estimate of drug-likeness (QED) is 0.131. The number of likely N-dealkylation sites (N-methyl/N-ethyl adjacent to an activating group) is 1. The van der Waals surface area contributed by atoms with E-state index >= 15 is 0 Å². The molecule has 0 heterocycles. The molecular formula is C11H25CaClMgN2O10S2. The van der Waals surface area contributed by atoms with Crippen LogP contribution in [0, 0.1) is 0 Å². The van der Waals surface area contributed by atoms with Crippen LogP contribution in [0.2, 0.25) is 0 Å². The average molecular weight is 509 g/mol. The van der Waals surface area contributed by atoms with Crippen molar-refractivity contribution >= 4 is 95.1 Å². The van der Waals surface area contributed by atoms with Crippen LogP contribution in [-0.4, -0.2) is 157 Å². The molecule has 0 aromatic rings. The number of rotatable bonds is 6. The summed E-state index contributed by atoms with van der Waals surface area (Å²) in [4.78, 5) is 18.4. The molecule has 0 saturated carbocycles. The van der Waals surface area contributed by atoms with E-state index in [1.807, 2.05) is 6.26 Å². The summed E-state index contributed by atoms with van der Waals surface area (Å²) in [5.74, 6) is -0.1000. The number of halogens is 1. The Bertz CT molecular complexity index is 443. The molecule has 0 aliphatic rings. The van der Waals surface area contributed by atoms with Gasteiger partial charge < -0.3 is 56.9 Å². The Morgan fingerprint density at radius 1 is 1.18 bits per heavy atom. The molecule has 0 rings (SSSR count). The summed E-state index contributed by atoms with van der Waals surface area (Å²) in [6.45, 7) is 1.11. The maximum Gasteiger partial charge on any atom is 2.00 e. The van der Waals surface area contributed by atoms with Gasteiger partial charge in [0.2, 0.25) is 0 Å². The third-order valence-electron chi connectivity index (χ3n) is 1.72. The Balaban J connectivity index is -0.0000000422. The van der Waals surface area contributed by atoms with Crippen molar-refractivity contribution in [2.24, 2.45) is 5.73 Å². The van der Waals surface area contributed by atoms with E-state index in [1.165, 1.54) is 0 Å². The first-order valence-electron chi connectivity index (χ1n) is 6.41. The number of quaternary nitrogens is 1. The minimum atomic E-state index is -5.17.